The molecule has 0 aliphatic heterocycles. The molecule has 0 spiro atoms. The molecule has 12 heteroatoms. The van der Waals surface area contributed by atoms with Crippen molar-refractivity contribution in [1.82, 2.24) is 19.5 Å². The number of imidazole rings is 1. The lowest BCUT2D eigenvalue weighted by Gasteiger charge is -2.21. The van der Waals surface area contributed by atoms with Crippen LogP contribution in [-0.4, -0.2) is 31.7 Å². The second-order valence-electron chi connectivity index (χ2n) is 5.66. The van der Waals surface area contributed by atoms with Gasteiger partial charge in [-0.1, -0.05) is 11.6 Å². The predicted molar refractivity (Wildman–Crippen MR) is 88.6 cm³/mol. The van der Waals surface area contributed by atoms with Gasteiger partial charge in [-0.2, -0.15) is 23.1 Å². The number of alkyl halides is 3. The third kappa shape index (κ3) is 3.88. The third-order valence-electron chi connectivity index (χ3n) is 3.69. The average Bonchev–Trinajstić information content (AvgIpc) is 3.09. The number of aromatic nitrogens is 4. The van der Waals surface area contributed by atoms with E-state index in [0.717, 1.165) is 6.92 Å². The lowest BCUT2D eigenvalue weighted by molar-refractivity contribution is -0.138. The quantitative estimate of drug-likeness (QED) is 0.487. The van der Waals surface area contributed by atoms with Crippen molar-refractivity contribution < 1.29 is 26.3 Å². The first-order valence-corrected chi connectivity index (χ1v) is 7.99. The van der Waals surface area contributed by atoms with E-state index in [2.05, 4.69) is 15.0 Å². The topological polar surface area (TPSA) is 55.6 Å². The van der Waals surface area contributed by atoms with Crippen LogP contribution in [0.3, 0.4) is 0 Å². The molecule has 0 saturated heterocycles. The summed E-state index contributed by atoms with van der Waals surface area (Å²) in [5.74, 6) is -4.73. The van der Waals surface area contributed by atoms with E-state index >= 15 is 0 Å². The van der Waals surface area contributed by atoms with Crippen LogP contribution in [-0.2, 0) is 0 Å². The van der Waals surface area contributed by atoms with Gasteiger partial charge in [0.2, 0.25) is 5.95 Å². The van der Waals surface area contributed by atoms with Crippen LogP contribution in [0.25, 0.3) is 17.1 Å². The van der Waals surface area contributed by atoms with Crippen molar-refractivity contribution in [3.8, 4) is 17.1 Å². The van der Waals surface area contributed by atoms with Crippen LogP contribution in [0, 0.1) is 17.5 Å². The Bertz CT molecular complexity index is 982. The molecule has 0 aliphatic rings. The first kappa shape index (κ1) is 19.9. The molecule has 2 heterocycles. The summed E-state index contributed by atoms with van der Waals surface area (Å²) in [7, 11) is 0. The van der Waals surface area contributed by atoms with Gasteiger partial charge >= 0.3 is 6.18 Å². The Morgan fingerprint density at radius 2 is 1.71 bits per heavy atom. The zero-order chi connectivity index (χ0) is 20.6. The first-order chi connectivity index (χ1) is 13.1. The van der Waals surface area contributed by atoms with E-state index in [9.17, 15) is 26.3 Å². The molecule has 0 saturated carbocycles. The Balaban J connectivity index is 2.24. The number of halogens is 7. The summed E-state index contributed by atoms with van der Waals surface area (Å²) in [5.41, 5.74) is -1.43. The van der Waals surface area contributed by atoms with Crippen molar-refractivity contribution in [3.05, 3.63) is 53.5 Å². The van der Waals surface area contributed by atoms with Crippen LogP contribution in [0.4, 0.5) is 32.2 Å². The van der Waals surface area contributed by atoms with E-state index in [1.807, 2.05) is 5.32 Å². The number of hydrogen-bond acceptors (Lipinski definition) is 4. The van der Waals surface area contributed by atoms with Crippen LogP contribution >= 0.6 is 11.6 Å². The zero-order valence-corrected chi connectivity index (χ0v) is 14.7. The number of hydrogen-bond donors (Lipinski definition) is 1. The molecular formula is C16H10ClF6N5. The maximum absolute atomic E-state index is 14.2. The molecule has 28 heavy (non-hydrogen) atoms. The SMILES string of the molecule is CC(Nc1nc(-n2ccnc2)nc(Cl)c1-c1c(F)cc(F)cc1F)C(F)(F)F. The lowest BCUT2D eigenvalue weighted by atomic mass is 10.1. The maximum Gasteiger partial charge on any atom is 0.408 e. The average molecular weight is 422 g/mol. The smallest absolute Gasteiger partial charge is 0.358 e. The minimum Gasteiger partial charge on any atom is -0.358 e. The molecule has 0 bridgehead atoms. The van der Waals surface area contributed by atoms with Gasteiger partial charge in [-0.25, -0.2) is 18.2 Å². The molecule has 3 aromatic rings. The van der Waals surface area contributed by atoms with Gasteiger partial charge in [0.15, 0.2) is 0 Å². The Morgan fingerprint density at radius 1 is 1.07 bits per heavy atom. The second kappa shape index (κ2) is 7.30. The van der Waals surface area contributed by atoms with E-state index in [0.29, 0.717) is 12.1 Å². The highest BCUT2D eigenvalue weighted by molar-refractivity contribution is 6.32. The van der Waals surface area contributed by atoms with Gasteiger partial charge in [0.1, 0.15) is 40.8 Å². The minimum absolute atomic E-state index is 0.189. The summed E-state index contributed by atoms with van der Waals surface area (Å²) in [6, 6.07) is -1.40. The van der Waals surface area contributed by atoms with Gasteiger partial charge in [-0.15, -0.1) is 0 Å². The highest BCUT2D eigenvalue weighted by Crippen LogP contribution is 2.38. The largest absolute Gasteiger partial charge is 0.408 e. The summed E-state index contributed by atoms with van der Waals surface area (Å²) in [6.45, 7) is 0.786. The number of nitrogens with one attached hydrogen (secondary N) is 1. The molecule has 0 amide bonds. The van der Waals surface area contributed by atoms with Gasteiger partial charge in [0, 0.05) is 24.5 Å². The van der Waals surface area contributed by atoms with E-state index in [1.54, 1.807) is 0 Å². The van der Waals surface area contributed by atoms with Crippen molar-refractivity contribution in [2.45, 2.75) is 19.1 Å². The van der Waals surface area contributed by atoms with Crippen LogP contribution < -0.4 is 5.32 Å². The summed E-state index contributed by atoms with van der Waals surface area (Å²) in [5, 5.41) is 1.50. The third-order valence-corrected chi connectivity index (χ3v) is 3.96. The van der Waals surface area contributed by atoms with Crippen LogP contribution in [0.2, 0.25) is 5.15 Å². The molecule has 0 radical (unpaired) electrons. The Hall–Kier alpha value is -2.82. The molecule has 1 atom stereocenters. The molecule has 0 aliphatic carbocycles. The van der Waals surface area contributed by atoms with Crippen molar-refractivity contribution in [2.75, 3.05) is 5.32 Å². The predicted octanol–water partition coefficient (Wildman–Crippen LogP) is 4.76. The van der Waals surface area contributed by atoms with Crippen molar-refractivity contribution in [1.29, 1.82) is 0 Å². The highest BCUT2D eigenvalue weighted by atomic mass is 35.5. The fraction of sp³-hybridized carbons (Fsp3) is 0.188. The summed E-state index contributed by atoms with van der Waals surface area (Å²) < 4.78 is 82.0. The normalized spacial score (nSPS) is 12.9. The molecule has 2 aromatic heterocycles. The van der Waals surface area contributed by atoms with Gasteiger partial charge in [-0.3, -0.25) is 4.57 Å². The van der Waals surface area contributed by atoms with Gasteiger partial charge in [0.05, 0.1) is 11.1 Å². The van der Waals surface area contributed by atoms with Gasteiger partial charge in [-0.05, 0) is 6.92 Å². The van der Waals surface area contributed by atoms with Gasteiger partial charge < -0.3 is 5.32 Å². The summed E-state index contributed by atoms with van der Waals surface area (Å²) in [4.78, 5) is 11.5. The monoisotopic (exact) mass is 421 g/mol. The lowest BCUT2D eigenvalue weighted by Crippen LogP contribution is -2.33. The molecule has 1 N–H and O–H groups in total. The Morgan fingerprint density at radius 3 is 2.25 bits per heavy atom. The number of nitrogens with zero attached hydrogens (tertiary/aromatic N) is 4. The molecular weight excluding hydrogens is 412 g/mol. The first-order valence-electron chi connectivity index (χ1n) is 7.62. The van der Waals surface area contributed by atoms with Gasteiger partial charge in [0.25, 0.3) is 0 Å². The molecule has 1 aromatic carbocycles. The number of anilines is 1. The minimum atomic E-state index is -4.69. The number of benzene rings is 1. The second-order valence-corrected chi connectivity index (χ2v) is 6.02. The highest BCUT2D eigenvalue weighted by Gasteiger charge is 2.37. The zero-order valence-electron chi connectivity index (χ0n) is 13.9. The van der Waals surface area contributed by atoms with E-state index in [4.69, 9.17) is 11.6 Å². The molecule has 148 valence electrons. The number of rotatable bonds is 4. The fourth-order valence-corrected chi connectivity index (χ4v) is 2.57. The molecule has 0 fully saturated rings. The summed E-state index contributed by atoms with van der Waals surface area (Å²) in [6.07, 6.45) is -0.692. The van der Waals surface area contributed by atoms with E-state index in [1.165, 1.54) is 23.3 Å². The summed E-state index contributed by atoms with van der Waals surface area (Å²) >= 11 is 6.03. The molecule has 1 unspecified atom stereocenters. The van der Waals surface area contributed by atoms with Crippen molar-refractivity contribution in [2.24, 2.45) is 0 Å². The van der Waals surface area contributed by atoms with Crippen LogP contribution in [0.5, 0.6) is 0 Å². The Kier molecular flexibility index (Phi) is 5.20. The fourth-order valence-electron chi connectivity index (χ4n) is 2.31. The molecule has 5 nitrogen and oxygen atoms in total. The van der Waals surface area contributed by atoms with Crippen molar-refractivity contribution >= 4 is 17.4 Å². The molecule has 3 rings (SSSR count). The van der Waals surface area contributed by atoms with E-state index < -0.39 is 51.8 Å². The van der Waals surface area contributed by atoms with E-state index in [-0.39, 0.29) is 5.95 Å². The maximum atomic E-state index is 14.2. The van der Waals surface area contributed by atoms with Crippen LogP contribution in [0.1, 0.15) is 6.92 Å². The van der Waals surface area contributed by atoms with Crippen molar-refractivity contribution in [3.63, 3.8) is 0 Å². The standard InChI is InChI=1S/C16H10ClF6N5/c1-7(16(21,22)23)25-14-12(11-9(19)4-8(18)5-10(11)20)13(17)26-15(27-14)28-3-2-24-6-28/h2-7H,1H3,(H,25,26,27). The Labute approximate surface area is 159 Å². The van der Waals surface area contributed by atoms with Crippen LogP contribution in [0.15, 0.2) is 30.9 Å².